The summed E-state index contributed by atoms with van der Waals surface area (Å²) >= 11 is 3.70. The van der Waals surface area contributed by atoms with Gasteiger partial charge in [-0.2, -0.15) is 0 Å². The molecule has 2 rings (SSSR count). The molecule has 0 aliphatic carbocycles. The van der Waals surface area contributed by atoms with Gasteiger partial charge >= 0.3 is 0 Å². The lowest BCUT2D eigenvalue weighted by molar-refractivity contribution is 0.199. The Labute approximate surface area is 130 Å². The molecule has 0 unspecified atom stereocenters. The summed E-state index contributed by atoms with van der Waals surface area (Å²) in [7, 11) is 1.73. The molecule has 20 heavy (non-hydrogen) atoms. The Morgan fingerprint density at radius 1 is 1.35 bits per heavy atom. The molecule has 1 saturated heterocycles. The molecule has 0 atom stereocenters. The van der Waals surface area contributed by atoms with E-state index in [0.29, 0.717) is 0 Å². The van der Waals surface area contributed by atoms with Gasteiger partial charge in [0.2, 0.25) is 0 Å². The van der Waals surface area contributed by atoms with E-state index < -0.39 is 0 Å². The van der Waals surface area contributed by atoms with Crippen LogP contribution in [0.2, 0.25) is 0 Å². The molecule has 112 valence electrons. The van der Waals surface area contributed by atoms with Crippen LogP contribution >= 0.6 is 15.9 Å². The van der Waals surface area contributed by atoms with Gasteiger partial charge in [-0.3, -0.25) is 0 Å². The van der Waals surface area contributed by atoms with Gasteiger partial charge in [0.05, 0.1) is 6.61 Å². The average molecular weight is 341 g/mol. The molecule has 0 radical (unpaired) electrons. The van der Waals surface area contributed by atoms with Crippen molar-refractivity contribution in [3.05, 3.63) is 28.2 Å². The zero-order valence-corrected chi connectivity index (χ0v) is 14.1. The highest BCUT2D eigenvalue weighted by Gasteiger charge is 2.16. The van der Waals surface area contributed by atoms with Crippen LogP contribution in [-0.4, -0.2) is 33.4 Å². The quantitative estimate of drug-likeness (QED) is 0.803. The molecule has 0 saturated carbocycles. The average Bonchev–Trinajstić information content (AvgIpc) is 2.46. The highest BCUT2D eigenvalue weighted by atomic mass is 79.9. The maximum Gasteiger partial charge on any atom is 0.0587 e. The summed E-state index contributed by atoms with van der Waals surface area (Å²) in [6.45, 7) is 7.22. The number of rotatable bonds is 6. The van der Waals surface area contributed by atoms with Crippen LogP contribution in [0, 0.1) is 5.92 Å². The Hall–Kier alpha value is -0.580. The molecule has 1 aromatic carbocycles. The van der Waals surface area contributed by atoms with Crippen molar-refractivity contribution in [2.45, 2.75) is 26.3 Å². The molecule has 0 spiro atoms. The molecular formula is C16H25BrN2O. The van der Waals surface area contributed by atoms with Gasteiger partial charge < -0.3 is 15.0 Å². The van der Waals surface area contributed by atoms with Crippen LogP contribution in [0.25, 0.3) is 0 Å². The molecule has 0 amide bonds. The second kappa shape index (κ2) is 8.01. The van der Waals surface area contributed by atoms with Crippen molar-refractivity contribution in [3.8, 4) is 0 Å². The minimum Gasteiger partial charge on any atom is -0.383 e. The standard InChI is InChI=1S/C16H25BrN2O/c1-13-5-8-19(9-6-13)15-4-3-14(16(17)11-15)12-18-7-10-20-2/h3-4,11,13,18H,5-10,12H2,1-2H3. The third kappa shape index (κ3) is 4.47. The third-order valence-corrected chi connectivity index (χ3v) is 4.72. The first-order valence-corrected chi connectivity index (χ1v) is 8.23. The molecule has 1 aliphatic rings. The minimum absolute atomic E-state index is 0.752. The van der Waals surface area contributed by atoms with Crippen LogP contribution in [-0.2, 0) is 11.3 Å². The van der Waals surface area contributed by atoms with Crippen molar-refractivity contribution >= 4 is 21.6 Å². The highest BCUT2D eigenvalue weighted by molar-refractivity contribution is 9.10. The van der Waals surface area contributed by atoms with E-state index in [0.717, 1.165) is 25.6 Å². The van der Waals surface area contributed by atoms with Crippen molar-refractivity contribution in [1.82, 2.24) is 5.32 Å². The predicted octanol–water partition coefficient (Wildman–Crippen LogP) is 3.42. The number of nitrogens with one attached hydrogen (secondary N) is 1. The maximum absolute atomic E-state index is 5.04. The number of benzene rings is 1. The Morgan fingerprint density at radius 2 is 2.10 bits per heavy atom. The van der Waals surface area contributed by atoms with Crippen molar-refractivity contribution in [2.24, 2.45) is 5.92 Å². The Balaban J connectivity index is 1.91. The van der Waals surface area contributed by atoms with E-state index in [2.05, 4.69) is 51.3 Å². The smallest absolute Gasteiger partial charge is 0.0587 e. The SMILES string of the molecule is COCCNCc1ccc(N2CCC(C)CC2)cc1Br. The zero-order chi connectivity index (χ0) is 14.4. The number of hydrogen-bond acceptors (Lipinski definition) is 3. The molecule has 0 bridgehead atoms. The van der Waals surface area contributed by atoms with Crippen LogP contribution in [0.15, 0.2) is 22.7 Å². The lowest BCUT2D eigenvalue weighted by Crippen LogP contribution is -2.32. The Morgan fingerprint density at radius 3 is 2.75 bits per heavy atom. The number of hydrogen-bond donors (Lipinski definition) is 1. The van der Waals surface area contributed by atoms with E-state index in [1.54, 1.807) is 7.11 Å². The van der Waals surface area contributed by atoms with Gasteiger partial charge in [-0.1, -0.05) is 28.9 Å². The summed E-state index contributed by atoms with van der Waals surface area (Å²) in [5, 5.41) is 3.38. The van der Waals surface area contributed by atoms with Crippen molar-refractivity contribution in [2.75, 3.05) is 38.3 Å². The molecule has 3 nitrogen and oxygen atoms in total. The lowest BCUT2D eigenvalue weighted by atomic mass is 9.99. The fourth-order valence-electron chi connectivity index (χ4n) is 2.54. The van der Waals surface area contributed by atoms with Gasteiger partial charge in [0.25, 0.3) is 0 Å². The van der Waals surface area contributed by atoms with Gasteiger partial charge in [0, 0.05) is 43.4 Å². The lowest BCUT2D eigenvalue weighted by Gasteiger charge is -2.32. The predicted molar refractivity (Wildman–Crippen MR) is 88.3 cm³/mol. The molecule has 1 aromatic rings. The fraction of sp³-hybridized carbons (Fsp3) is 0.625. The largest absolute Gasteiger partial charge is 0.383 e. The first kappa shape index (κ1) is 15.8. The second-order valence-electron chi connectivity index (χ2n) is 5.61. The monoisotopic (exact) mass is 340 g/mol. The number of nitrogens with zero attached hydrogens (tertiary/aromatic N) is 1. The Bertz CT molecular complexity index is 417. The van der Waals surface area contributed by atoms with Gasteiger partial charge in [-0.05, 0) is 36.5 Å². The zero-order valence-electron chi connectivity index (χ0n) is 12.5. The minimum atomic E-state index is 0.752. The number of ether oxygens (including phenoxy) is 1. The normalized spacial score (nSPS) is 16.6. The number of piperidine rings is 1. The first-order chi connectivity index (χ1) is 9.70. The number of methoxy groups -OCH3 is 1. The summed E-state index contributed by atoms with van der Waals surface area (Å²) in [4.78, 5) is 2.49. The first-order valence-electron chi connectivity index (χ1n) is 7.43. The highest BCUT2D eigenvalue weighted by Crippen LogP contribution is 2.27. The van der Waals surface area contributed by atoms with Crippen molar-refractivity contribution in [3.63, 3.8) is 0 Å². The molecule has 1 fully saturated rings. The summed E-state index contributed by atoms with van der Waals surface area (Å²) < 4.78 is 6.23. The van der Waals surface area contributed by atoms with E-state index >= 15 is 0 Å². The molecule has 0 aromatic heterocycles. The fourth-order valence-corrected chi connectivity index (χ4v) is 3.05. The van der Waals surface area contributed by atoms with E-state index in [-0.39, 0.29) is 0 Å². The van der Waals surface area contributed by atoms with E-state index in [4.69, 9.17) is 4.74 Å². The van der Waals surface area contributed by atoms with Gasteiger partial charge in [0.15, 0.2) is 0 Å². The third-order valence-electron chi connectivity index (χ3n) is 3.98. The summed E-state index contributed by atoms with van der Waals surface area (Å²) in [6, 6.07) is 6.72. The van der Waals surface area contributed by atoms with Gasteiger partial charge in [-0.15, -0.1) is 0 Å². The summed E-state index contributed by atoms with van der Waals surface area (Å²) in [5.41, 5.74) is 2.64. The molecular weight excluding hydrogens is 316 g/mol. The summed E-state index contributed by atoms with van der Waals surface area (Å²) in [5.74, 6) is 0.874. The van der Waals surface area contributed by atoms with Crippen molar-refractivity contribution in [1.29, 1.82) is 0 Å². The van der Waals surface area contributed by atoms with E-state index in [1.807, 2.05) is 0 Å². The van der Waals surface area contributed by atoms with Crippen molar-refractivity contribution < 1.29 is 4.74 Å². The van der Waals surface area contributed by atoms with E-state index in [1.165, 1.54) is 41.7 Å². The topological polar surface area (TPSA) is 24.5 Å². The van der Waals surface area contributed by atoms with Gasteiger partial charge in [0.1, 0.15) is 0 Å². The second-order valence-corrected chi connectivity index (χ2v) is 6.47. The van der Waals surface area contributed by atoms with Crippen LogP contribution in [0.5, 0.6) is 0 Å². The Kier molecular flexibility index (Phi) is 6.33. The van der Waals surface area contributed by atoms with Crippen LogP contribution in [0.4, 0.5) is 5.69 Å². The van der Waals surface area contributed by atoms with Crippen LogP contribution in [0.1, 0.15) is 25.3 Å². The van der Waals surface area contributed by atoms with E-state index in [9.17, 15) is 0 Å². The number of halogens is 1. The van der Waals surface area contributed by atoms with Crippen LogP contribution < -0.4 is 10.2 Å². The molecule has 1 N–H and O–H groups in total. The molecule has 1 heterocycles. The maximum atomic E-state index is 5.04. The summed E-state index contributed by atoms with van der Waals surface area (Å²) in [6.07, 6.45) is 2.61. The molecule has 4 heteroatoms. The molecule has 1 aliphatic heterocycles. The number of anilines is 1. The van der Waals surface area contributed by atoms with Crippen LogP contribution in [0.3, 0.4) is 0 Å². The van der Waals surface area contributed by atoms with Gasteiger partial charge in [-0.25, -0.2) is 0 Å².